The van der Waals surface area contributed by atoms with Crippen LogP contribution in [0.15, 0.2) is 48.5 Å². The summed E-state index contributed by atoms with van der Waals surface area (Å²) in [4.78, 5) is 12.9. The van der Waals surface area contributed by atoms with Crippen molar-refractivity contribution in [2.45, 2.75) is 76.2 Å². The van der Waals surface area contributed by atoms with E-state index >= 15 is 0 Å². The molecule has 4 nitrogen and oxygen atoms in total. The number of ether oxygens (including phenoxy) is 1. The topological polar surface area (TPSA) is 66.8 Å². The van der Waals surface area contributed by atoms with Crippen LogP contribution in [0.3, 0.4) is 0 Å². The molecule has 172 valence electrons. The lowest BCUT2D eigenvalue weighted by Gasteiger charge is -2.47. The molecule has 2 N–H and O–H groups in total. The molecule has 2 aliphatic rings. The summed E-state index contributed by atoms with van der Waals surface area (Å²) in [5, 5.41) is 19.4. The van der Waals surface area contributed by atoms with Gasteiger partial charge in [0, 0.05) is 11.8 Å². The fraction of sp³-hybridized carbons (Fsp3) is 0.536. The third kappa shape index (κ3) is 4.85. The zero-order valence-electron chi connectivity index (χ0n) is 19.3. The minimum Gasteiger partial charge on any atom is -0.508 e. The molecule has 0 saturated heterocycles. The summed E-state index contributed by atoms with van der Waals surface area (Å²) < 4.78 is 6.31. The molecular formula is C28H36O4. The molecule has 0 amide bonds. The van der Waals surface area contributed by atoms with Crippen LogP contribution in [0.25, 0.3) is 0 Å². The van der Waals surface area contributed by atoms with Crippen molar-refractivity contribution in [2.75, 3.05) is 6.61 Å². The van der Waals surface area contributed by atoms with Crippen LogP contribution in [0.2, 0.25) is 0 Å². The van der Waals surface area contributed by atoms with Gasteiger partial charge in [0.15, 0.2) is 5.78 Å². The Morgan fingerprint density at radius 3 is 2.19 bits per heavy atom. The van der Waals surface area contributed by atoms with Crippen molar-refractivity contribution in [1.29, 1.82) is 0 Å². The lowest BCUT2D eigenvalue weighted by Crippen LogP contribution is -2.45. The second kappa shape index (κ2) is 9.27. The van der Waals surface area contributed by atoms with Gasteiger partial charge in [0.25, 0.3) is 0 Å². The summed E-state index contributed by atoms with van der Waals surface area (Å²) >= 11 is 0. The van der Waals surface area contributed by atoms with Gasteiger partial charge in [-0.05, 0) is 86.3 Å². The molecule has 4 rings (SSSR count). The van der Waals surface area contributed by atoms with Crippen LogP contribution >= 0.6 is 0 Å². The number of hydrogen-bond acceptors (Lipinski definition) is 4. The molecule has 2 aromatic carbocycles. The van der Waals surface area contributed by atoms with Crippen LogP contribution in [0.5, 0.6) is 11.5 Å². The van der Waals surface area contributed by atoms with Gasteiger partial charge < -0.3 is 14.9 Å². The first-order valence-electron chi connectivity index (χ1n) is 12.0. The molecule has 2 saturated carbocycles. The Morgan fingerprint density at radius 1 is 1.00 bits per heavy atom. The molecule has 0 aromatic heterocycles. The van der Waals surface area contributed by atoms with Gasteiger partial charge in [0.05, 0.1) is 5.60 Å². The molecule has 0 aliphatic heterocycles. The molecule has 3 atom stereocenters. The van der Waals surface area contributed by atoms with E-state index in [9.17, 15) is 15.0 Å². The van der Waals surface area contributed by atoms with Crippen LogP contribution in [0, 0.1) is 11.8 Å². The number of phenolic OH excluding ortho intramolecular Hbond substituents is 2. The predicted molar refractivity (Wildman–Crippen MR) is 126 cm³/mol. The fourth-order valence-electron chi connectivity index (χ4n) is 5.81. The summed E-state index contributed by atoms with van der Waals surface area (Å²) in [7, 11) is 0. The van der Waals surface area contributed by atoms with E-state index in [1.54, 1.807) is 24.3 Å². The van der Waals surface area contributed by atoms with Crippen LogP contribution in [0.1, 0.15) is 76.3 Å². The van der Waals surface area contributed by atoms with Crippen molar-refractivity contribution in [3.8, 4) is 11.5 Å². The molecule has 0 unspecified atom stereocenters. The number of fused-ring (bicyclic) bond motifs is 2. The Bertz CT molecular complexity index is 872. The van der Waals surface area contributed by atoms with E-state index in [1.165, 1.54) is 32.1 Å². The number of Topliss-reactive ketones (excluding diaryl/α,β-unsaturated/α-hetero) is 1. The molecule has 0 spiro atoms. The van der Waals surface area contributed by atoms with Gasteiger partial charge in [0.1, 0.15) is 18.1 Å². The number of ketones is 1. The zero-order valence-corrected chi connectivity index (χ0v) is 19.3. The lowest BCUT2D eigenvalue weighted by molar-refractivity contribution is -0.144. The minimum absolute atomic E-state index is 0.132. The van der Waals surface area contributed by atoms with Gasteiger partial charge in [0.2, 0.25) is 0 Å². The first-order chi connectivity index (χ1) is 15.3. The lowest BCUT2D eigenvalue weighted by atomic mass is 9.65. The molecule has 2 bridgehead atoms. The van der Waals surface area contributed by atoms with Crippen LogP contribution in [-0.2, 0) is 14.9 Å². The Labute approximate surface area is 191 Å². The van der Waals surface area contributed by atoms with Crippen molar-refractivity contribution >= 4 is 5.78 Å². The molecular weight excluding hydrogens is 400 g/mol. The quantitative estimate of drug-likeness (QED) is 0.522. The third-order valence-corrected chi connectivity index (χ3v) is 8.17. The minimum atomic E-state index is -0.414. The number of aromatic hydroxyl groups is 2. The Hall–Kier alpha value is -2.33. The van der Waals surface area contributed by atoms with Crippen molar-refractivity contribution < 1.29 is 19.7 Å². The summed E-state index contributed by atoms with van der Waals surface area (Å²) in [5.74, 6) is 2.02. The van der Waals surface area contributed by atoms with E-state index in [4.69, 9.17) is 4.74 Å². The van der Waals surface area contributed by atoms with E-state index in [0.717, 1.165) is 23.5 Å². The van der Waals surface area contributed by atoms with Gasteiger partial charge >= 0.3 is 0 Å². The third-order valence-electron chi connectivity index (χ3n) is 8.17. The van der Waals surface area contributed by atoms with Gasteiger partial charge in [-0.15, -0.1) is 0 Å². The van der Waals surface area contributed by atoms with Crippen LogP contribution in [0.4, 0.5) is 0 Å². The smallest absolute Gasteiger partial charge is 0.158 e. The van der Waals surface area contributed by atoms with E-state index in [0.29, 0.717) is 18.8 Å². The largest absolute Gasteiger partial charge is 0.508 e. The molecule has 4 heteroatoms. The van der Waals surface area contributed by atoms with E-state index in [-0.39, 0.29) is 29.5 Å². The molecule has 2 aliphatic carbocycles. The maximum atomic E-state index is 12.9. The highest BCUT2D eigenvalue weighted by molar-refractivity contribution is 5.80. The van der Waals surface area contributed by atoms with Crippen LogP contribution < -0.4 is 0 Å². The summed E-state index contributed by atoms with van der Waals surface area (Å²) in [6.07, 6.45) is 8.47. The molecule has 0 radical (unpaired) electrons. The number of carbonyl (C=O) groups is 1. The predicted octanol–water partition coefficient (Wildman–Crippen LogP) is 6.13. The summed E-state index contributed by atoms with van der Waals surface area (Å²) in [6, 6.07) is 14.4. The van der Waals surface area contributed by atoms with E-state index < -0.39 is 5.41 Å². The van der Waals surface area contributed by atoms with Gasteiger partial charge in [-0.2, -0.15) is 0 Å². The molecule has 2 aromatic rings. The number of hydrogen-bond donors (Lipinski definition) is 2. The monoisotopic (exact) mass is 436 g/mol. The number of carbonyl (C=O) groups excluding carboxylic acids is 1. The van der Waals surface area contributed by atoms with Crippen molar-refractivity contribution in [2.24, 2.45) is 11.8 Å². The second-order valence-corrected chi connectivity index (χ2v) is 10.3. The summed E-state index contributed by atoms with van der Waals surface area (Å²) in [5.41, 5.74) is 1.48. The fourth-order valence-corrected chi connectivity index (χ4v) is 5.81. The molecule has 0 heterocycles. The van der Waals surface area contributed by atoms with Gasteiger partial charge in [-0.25, -0.2) is 0 Å². The van der Waals surface area contributed by atoms with Crippen molar-refractivity contribution in [3.05, 3.63) is 59.7 Å². The van der Waals surface area contributed by atoms with Crippen molar-refractivity contribution in [1.82, 2.24) is 0 Å². The Balaban J connectivity index is 1.43. The van der Waals surface area contributed by atoms with E-state index in [2.05, 4.69) is 13.8 Å². The first kappa shape index (κ1) is 22.8. The van der Waals surface area contributed by atoms with Crippen molar-refractivity contribution in [3.63, 3.8) is 0 Å². The SMILES string of the molecule is CC(CCC(=O)CO[C@@]1(C)CC[C@@H]2CCC[C@H]1C2)(c1ccc(O)cc1)c1ccc(O)cc1. The number of phenols is 2. The maximum absolute atomic E-state index is 12.9. The maximum Gasteiger partial charge on any atom is 0.158 e. The zero-order chi connectivity index (χ0) is 22.8. The number of benzene rings is 2. The molecule has 2 fully saturated rings. The van der Waals surface area contributed by atoms with Crippen LogP contribution in [-0.4, -0.2) is 28.2 Å². The highest BCUT2D eigenvalue weighted by Crippen LogP contribution is 2.47. The average molecular weight is 437 g/mol. The average Bonchev–Trinajstić information content (AvgIpc) is 2.80. The molecule has 32 heavy (non-hydrogen) atoms. The second-order valence-electron chi connectivity index (χ2n) is 10.3. The Morgan fingerprint density at radius 2 is 1.59 bits per heavy atom. The highest BCUT2D eigenvalue weighted by Gasteiger charge is 2.42. The first-order valence-corrected chi connectivity index (χ1v) is 12.0. The summed E-state index contributed by atoms with van der Waals surface area (Å²) in [6.45, 7) is 4.51. The number of rotatable bonds is 8. The Kier molecular flexibility index (Phi) is 6.62. The van der Waals surface area contributed by atoms with E-state index in [1.807, 2.05) is 24.3 Å². The van der Waals surface area contributed by atoms with Gasteiger partial charge in [-0.1, -0.05) is 44.0 Å². The normalized spacial score (nSPS) is 25.4. The van der Waals surface area contributed by atoms with Gasteiger partial charge in [-0.3, -0.25) is 4.79 Å². The standard InChI is InChI=1S/C28H36O4/c1-27(21-6-10-24(29)11-7-21,22-8-12-25(30)13-9-22)16-15-26(31)19-32-28(2)17-14-20-4-3-5-23(28)18-20/h6-13,20,23,29-30H,3-5,14-19H2,1-2H3/t20-,23-,28-/m0/s1. The highest BCUT2D eigenvalue weighted by atomic mass is 16.5.